The fraction of sp³-hybridized carbons (Fsp3) is 0.417. The van der Waals surface area contributed by atoms with E-state index in [1.54, 1.807) is 0 Å². The van der Waals surface area contributed by atoms with Crippen LogP contribution in [0.4, 0.5) is 34.1 Å². The van der Waals surface area contributed by atoms with Crippen molar-refractivity contribution in [2.24, 2.45) is 0 Å². The van der Waals surface area contributed by atoms with Crippen LogP contribution in [0, 0.1) is 0 Å². The molecule has 0 radical (unpaired) electrons. The Balaban J connectivity index is 0.675. The largest absolute Gasteiger partial charge is 0.384 e. The van der Waals surface area contributed by atoms with Crippen LogP contribution in [0.3, 0.4) is 0 Å². The van der Waals surface area contributed by atoms with E-state index in [1.807, 2.05) is 0 Å². The van der Waals surface area contributed by atoms with Crippen LogP contribution in [0.15, 0.2) is 146 Å². The molecule has 0 saturated carbocycles. The summed E-state index contributed by atoms with van der Waals surface area (Å²) in [5.41, 5.74) is 6.97. The van der Waals surface area contributed by atoms with Crippen LogP contribution in [0.2, 0.25) is 0 Å². The molecular formula is C72H90N6O6. The summed E-state index contributed by atoms with van der Waals surface area (Å²) in [5.74, 6) is 0. The Labute approximate surface area is 498 Å². The SMILES string of the molecule is c1cc2c3cc4cccc(c4cc3c1)NCCCOCCCCOCCCNc1cccc3cc4c(cccc4cc13)NCCCOCCCCOCCCNc1cccc3cc4c(cccc4cc13)NCCCOCCCCOCCCN2. The van der Waals surface area contributed by atoms with Gasteiger partial charge >= 0.3 is 0 Å². The Bertz CT molecular complexity index is 2860. The average molecular weight is 1140 g/mol. The summed E-state index contributed by atoms with van der Waals surface area (Å²) in [5, 5.41) is 37.0. The van der Waals surface area contributed by atoms with Gasteiger partial charge in [-0.05, 0) is 182 Å². The van der Waals surface area contributed by atoms with Gasteiger partial charge in [0.2, 0.25) is 0 Å². The molecular weight excluding hydrogens is 1040 g/mol. The Morgan fingerprint density at radius 3 is 0.512 bits per heavy atom. The number of hydrogen-bond acceptors (Lipinski definition) is 12. The van der Waals surface area contributed by atoms with E-state index in [9.17, 15) is 0 Å². The fourth-order valence-corrected chi connectivity index (χ4v) is 11.3. The van der Waals surface area contributed by atoms with Crippen molar-refractivity contribution in [3.05, 3.63) is 146 Å². The Morgan fingerprint density at radius 2 is 0.345 bits per heavy atom. The van der Waals surface area contributed by atoms with E-state index < -0.39 is 0 Å². The maximum absolute atomic E-state index is 6.02. The first kappa shape index (κ1) is 60.2. The molecule has 84 heavy (non-hydrogen) atoms. The summed E-state index contributed by atoms with van der Waals surface area (Å²) in [7, 11) is 0. The molecule has 9 aromatic rings. The lowest BCUT2D eigenvalue weighted by Gasteiger charge is -2.14. The molecule has 0 atom stereocenters. The van der Waals surface area contributed by atoms with E-state index in [-0.39, 0.29) is 0 Å². The van der Waals surface area contributed by atoms with Gasteiger partial charge in [0.25, 0.3) is 0 Å². The van der Waals surface area contributed by atoms with Crippen LogP contribution >= 0.6 is 0 Å². The normalized spacial score (nSPS) is 17.6. The molecule has 12 nitrogen and oxygen atoms in total. The fourth-order valence-electron chi connectivity index (χ4n) is 11.3. The number of hydrogen-bond donors (Lipinski definition) is 6. The van der Waals surface area contributed by atoms with Crippen LogP contribution in [0.1, 0.15) is 77.0 Å². The van der Waals surface area contributed by atoms with E-state index in [0.717, 1.165) is 230 Å². The number of benzene rings is 9. The quantitative estimate of drug-likeness (QED) is 0.0810. The summed E-state index contributed by atoms with van der Waals surface area (Å²) in [6.07, 6.45) is 11.7. The van der Waals surface area contributed by atoms with Gasteiger partial charge in [0.05, 0.1) is 0 Å². The van der Waals surface area contributed by atoms with Crippen LogP contribution in [-0.2, 0) is 28.4 Å². The third-order valence-corrected chi connectivity index (χ3v) is 15.8. The summed E-state index contributed by atoms with van der Waals surface area (Å²) >= 11 is 0. The van der Waals surface area contributed by atoms with Gasteiger partial charge in [-0.25, -0.2) is 0 Å². The topological polar surface area (TPSA) is 128 Å². The van der Waals surface area contributed by atoms with E-state index in [0.29, 0.717) is 0 Å². The molecule has 0 aliphatic carbocycles. The lowest BCUT2D eigenvalue weighted by molar-refractivity contribution is 0.102. The zero-order valence-electron chi connectivity index (χ0n) is 49.5. The monoisotopic (exact) mass is 1130 g/mol. The van der Waals surface area contributed by atoms with Crippen LogP contribution in [0.5, 0.6) is 0 Å². The lowest BCUT2D eigenvalue weighted by Crippen LogP contribution is -2.08. The molecule has 12 heteroatoms. The molecule has 18 bridgehead atoms. The first-order valence-corrected chi connectivity index (χ1v) is 31.5. The molecule has 6 aliphatic heterocycles. The molecule has 9 aromatic carbocycles. The van der Waals surface area contributed by atoms with Crippen molar-refractivity contribution >= 4 is 98.8 Å². The lowest BCUT2D eigenvalue weighted by atomic mass is 10.0. The van der Waals surface area contributed by atoms with Crippen molar-refractivity contribution in [2.75, 3.05) is 150 Å². The number of ether oxygens (including phenoxy) is 6. The van der Waals surface area contributed by atoms with Crippen LogP contribution in [0.25, 0.3) is 64.6 Å². The molecule has 6 N–H and O–H groups in total. The predicted octanol–water partition coefficient (Wildman–Crippen LogP) is 16.3. The second-order valence-corrected chi connectivity index (χ2v) is 22.2. The van der Waals surface area contributed by atoms with Gasteiger partial charge in [-0.3, -0.25) is 0 Å². The Morgan fingerprint density at radius 1 is 0.190 bits per heavy atom. The van der Waals surface area contributed by atoms with E-state index in [1.165, 1.54) is 64.6 Å². The van der Waals surface area contributed by atoms with Crippen molar-refractivity contribution in [3.8, 4) is 0 Å². The number of rotatable bonds is 0. The molecule has 0 saturated heterocycles. The Hall–Kier alpha value is -6.90. The minimum absolute atomic E-state index is 0.738. The van der Waals surface area contributed by atoms with Gasteiger partial charge in [0.15, 0.2) is 0 Å². The second-order valence-electron chi connectivity index (χ2n) is 22.2. The highest BCUT2D eigenvalue weighted by molar-refractivity contribution is 6.10. The molecule has 0 fully saturated rings. The minimum atomic E-state index is 0.738. The molecule has 0 amide bonds. The maximum atomic E-state index is 6.02. The second kappa shape index (κ2) is 33.6. The van der Waals surface area contributed by atoms with Gasteiger partial charge in [-0.1, -0.05) is 72.8 Å². The smallest absolute Gasteiger partial charge is 0.0482 e. The highest BCUT2D eigenvalue weighted by atomic mass is 16.5. The van der Waals surface area contributed by atoms with Gasteiger partial charge in [0, 0.05) is 185 Å². The van der Waals surface area contributed by atoms with Crippen molar-refractivity contribution in [2.45, 2.75) is 77.0 Å². The van der Waals surface area contributed by atoms with Gasteiger partial charge in [-0.2, -0.15) is 0 Å². The third kappa shape index (κ3) is 17.8. The highest BCUT2D eigenvalue weighted by Crippen LogP contribution is 2.35. The van der Waals surface area contributed by atoms with Crippen molar-refractivity contribution in [1.29, 1.82) is 0 Å². The van der Waals surface area contributed by atoms with Gasteiger partial charge in [-0.15, -0.1) is 0 Å². The van der Waals surface area contributed by atoms with Crippen molar-refractivity contribution < 1.29 is 28.4 Å². The van der Waals surface area contributed by atoms with Gasteiger partial charge in [0.1, 0.15) is 0 Å². The molecule has 6 aliphatic rings. The highest BCUT2D eigenvalue weighted by Gasteiger charge is 2.11. The first-order chi connectivity index (χ1) is 41.7. The van der Waals surface area contributed by atoms with Crippen molar-refractivity contribution in [1.82, 2.24) is 0 Å². The third-order valence-electron chi connectivity index (χ3n) is 15.8. The molecule has 444 valence electrons. The molecule has 15 rings (SSSR count). The number of anilines is 6. The summed E-state index contributed by atoms with van der Waals surface area (Å²) < 4.78 is 36.1. The van der Waals surface area contributed by atoms with Gasteiger partial charge < -0.3 is 60.3 Å². The van der Waals surface area contributed by atoms with E-state index in [2.05, 4.69) is 177 Å². The summed E-state index contributed by atoms with van der Waals surface area (Å²) in [4.78, 5) is 0. The first-order valence-electron chi connectivity index (χ1n) is 31.5. The van der Waals surface area contributed by atoms with E-state index in [4.69, 9.17) is 28.4 Å². The standard InChI is InChI=1S/C72H90N6O6/c1-2-38-80-44-14-32-74-68-26-8-20-57-52-64-58(51-62(57)68)22-10-28-70(64)76-34-16-46-82-40-5-6-42-84-48-18-36-78-72-30-12-24-60-53-65-59(54-66(60)72)23-11-29-71(65)77-35-17-47-83-41-4-3-39-81-45-15-33-75-69-27-9-21-56-49-61-55(50-63(56)69)19-7-25-67(61)73-31-13-43-79-37-1/h7-12,19-30,49-54,73-78H,1-6,13-18,31-48H2. The number of nitrogens with one attached hydrogen (secondary N) is 6. The summed E-state index contributed by atoms with van der Waals surface area (Å²) in [6.45, 7) is 14.1. The molecule has 6 heterocycles. The average Bonchev–Trinajstić information content (AvgIpc) is 2.52. The van der Waals surface area contributed by atoms with Crippen molar-refractivity contribution in [3.63, 3.8) is 0 Å². The molecule has 0 unspecified atom stereocenters. The van der Waals surface area contributed by atoms with Crippen LogP contribution < -0.4 is 31.9 Å². The minimum Gasteiger partial charge on any atom is -0.384 e. The Kier molecular flexibility index (Phi) is 24.1. The zero-order chi connectivity index (χ0) is 57.1. The van der Waals surface area contributed by atoms with Crippen LogP contribution in [-0.4, -0.2) is 119 Å². The van der Waals surface area contributed by atoms with E-state index >= 15 is 0 Å². The molecule has 0 spiro atoms. The predicted molar refractivity (Wildman–Crippen MR) is 356 cm³/mol. The zero-order valence-corrected chi connectivity index (χ0v) is 49.5. The summed E-state index contributed by atoms with van der Waals surface area (Å²) in [6, 6.07) is 53.1. The maximum Gasteiger partial charge on any atom is 0.0482 e. The molecule has 0 aromatic heterocycles.